The molecule has 1 aliphatic rings. The summed E-state index contributed by atoms with van der Waals surface area (Å²) in [5.41, 5.74) is 0.754. The third kappa shape index (κ3) is 2.68. The summed E-state index contributed by atoms with van der Waals surface area (Å²) in [5.74, 6) is -2.91. The number of furan rings is 1. The number of rotatable bonds is 3. The first-order chi connectivity index (χ1) is 9.55. The SMILES string of the molecule is Fc1c(CNC2CCC(F)(F)CC2)ccc2ccoc12. The zero-order valence-electron chi connectivity index (χ0n) is 11.0. The van der Waals surface area contributed by atoms with Gasteiger partial charge in [0.1, 0.15) is 0 Å². The van der Waals surface area contributed by atoms with E-state index in [1.165, 1.54) is 6.26 Å². The van der Waals surface area contributed by atoms with Gasteiger partial charge in [0, 0.05) is 36.4 Å². The van der Waals surface area contributed by atoms with Crippen molar-refractivity contribution < 1.29 is 17.6 Å². The first kappa shape index (κ1) is 13.5. The van der Waals surface area contributed by atoms with Crippen LogP contribution in [0.5, 0.6) is 0 Å². The molecule has 0 radical (unpaired) electrons. The Labute approximate surface area is 115 Å². The van der Waals surface area contributed by atoms with Crippen LogP contribution in [0.2, 0.25) is 0 Å². The van der Waals surface area contributed by atoms with Crippen LogP contribution in [0.1, 0.15) is 31.2 Å². The molecule has 0 bridgehead atoms. The largest absolute Gasteiger partial charge is 0.461 e. The number of hydrogen-bond acceptors (Lipinski definition) is 2. The standard InChI is InChI=1S/C15H16F3NO/c16-13-11(2-1-10-5-8-20-14(10)13)9-19-12-3-6-15(17,18)7-4-12/h1-2,5,8,12,19H,3-4,6-7,9H2. The lowest BCUT2D eigenvalue weighted by Crippen LogP contribution is -2.36. The van der Waals surface area contributed by atoms with Crippen molar-refractivity contribution in [3.8, 4) is 0 Å². The van der Waals surface area contributed by atoms with Crippen LogP contribution >= 0.6 is 0 Å². The van der Waals surface area contributed by atoms with Gasteiger partial charge in [-0.2, -0.15) is 0 Å². The molecule has 1 saturated carbocycles. The van der Waals surface area contributed by atoms with E-state index in [0.717, 1.165) is 5.39 Å². The Hall–Kier alpha value is -1.49. The topological polar surface area (TPSA) is 25.2 Å². The number of hydrogen-bond donors (Lipinski definition) is 1. The number of nitrogens with one attached hydrogen (secondary N) is 1. The predicted octanol–water partition coefficient (Wildman–Crippen LogP) is 4.24. The molecule has 0 unspecified atom stereocenters. The fourth-order valence-corrected chi connectivity index (χ4v) is 2.67. The van der Waals surface area contributed by atoms with Crippen LogP contribution in [0.25, 0.3) is 11.0 Å². The minimum Gasteiger partial charge on any atom is -0.461 e. The van der Waals surface area contributed by atoms with E-state index >= 15 is 0 Å². The first-order valence-corrected chi connectivity index (χ1v) is 6.81. The van der Waals surface area contributed by atoms with E-state index in [0.29, 0.717) is 24.9 Å². The van der Waals surface area contributed by atoms with Gasteiger partial charge in [0.15, 0.2) is 11.4 Å². The molecule has 3 rings (SSSR count). The van der Waals surface area contributed by atoms with Gasteiger partial charge in [-0.15, -0.1) is 0 Å². The fourth-order valence-electron chi connectivity index (χ4n) is 2.67. The monoisotopic (exact) mass is 283 g/mol. The van der Waals surface area contributed by atoms with Gasteiger partial charge in [0.05, 0.1) is 6.26 Å². The van der Waals surface area contributed by atoms with Crippen molar-refractivity contribution in [1.29, 1.82) is 0 Å². The average molecular weight is 283 g/mol. The molecule has 1 fully saturated rings. The second kappa shape index (κ2) is 5.13. The number of halogens is 3. The maximum Gasteiger partial charge on any atom is 0.248 e. The van der Waals surface area contributed by atoms with Gasteiger partial charge < -0.3 is 9.73 Å². The Kier molecular flexibility index (Phi) is 3.46. The van der Waals surface area contributed by atoms with Crippen LogP contribution < -0.4 is 5.32 Å². The Morgan fingerprint density at radius 1 is 1.20 bits per heavy atom. The first-order valence-electron chi connectivity index (χ1n) is 6.81. The van der Waals surface area contributed by atoms with E-state index in [2.05, 4.69) is 5.32 Å². The van der Waals surface area contributed by atoms with Crippen LogP contribution in [-0.2, 0) is 6.54 Å². The van der Waals surface area contributed by atoms with Crippen molar-refractivity contribution in [3.05, 3.63) is 35.8 Å². The summed E-state index contributed by atoms with van der Waals surface area (Å²) in [7, 11) is 0. The summed E-state index contributed by atoms with van der Waals surface area (Å²) in [5, 5.41) is 3.88. The molecular formula is C15H16F3NO. The highest BCUT2D eigenvalue weighted by Crippen LogP contribution is 2.33. The molecule has 0 amide bonds. The van der Waals surface area contributed by atoms with Gasteiger partial charge in [0.2, 0.25) is 5.92 Å². The van der Waals surface area contributed by atoms with Crippen LogP contribution in [0.4, 0.5) is 13.2 Å². The minimum absolute atomic E-state index is 0.0290. The lowest BCUT2D eigenvalue weighted by Gasteiger charge is -2.29. The summed E-state index contributed by atoms with van der Waals surface area (Å²) in [6.45, 7) is 0.332. The van der Waals surface area contributed by atoms with Gasteiger partial charge >= 0.3 is 0 Å². The molecule has 0 aliphatic heterocycles. The Morgan fingerprint density at radius 3 is 2.70 bits per heavy atom. The van der Waals surface area contributed by atoms with E-state index < -0.39 is 5.92 Å². The molecule has 0 spiro atoms. The van der Waals surface area contributed by atoms with Gasteiger partial charge in [-0.1, -0.05) is 12.1 Å². The molecule has 2 nitrogen and oxygen atoms in total. The maximum atomic E-state index is 14.1. The average Bonchev–Trinajstić information content (AvgIpc) is 2.89. The predicted molar refractivity (Wildman–Crippen MR) is 70.2 cm³/mol. The zero-order valence-corrected chi connectivity index (χ0v) is 11.0. The molecular weight excluding hydrogens is 267 g/mol. The smallest absolute Gasteiger partial charge is 0.248 e. The highest BCUT2D eigenvalue weighted by atomic mass is 19.3. The molecule has 1 aromatic carbocycles. The lowest BCUT2D eigenvalue weighted by molar-refractivity contribution is -0.0405. The summed E-state index contributed by atoms with van der Waals surface area (Å²) < 4.78 is 45.3. The van der Waals surface area contributed by atoms with Gasteiger partial charge in [-0.05, 0) is 18.9 Å². The molecule has 20 heavy (non-hydrogen) atoms. The van der Waals surface area contributed by atoms with E-state index in [9.17, 15) is 13.2 Å². The normalized spacial score (nSPS) is 19.6. The minimum atomic E-state index is -2.53. The third-order valence-corrected chi connectivity index (χ3v) is 3.94. The fraction of sp³-hybridized carbons (Fsp3) is 0.467. The highest BCUT2D eigenvalue weighted by Gasteiger charge is 2.34. The summed E-state index contributed by atoms with van der Waals surface area (Å²) >= 11 is 0. The summed E-state index contributed by atoms with van der Waals surface area (Å²) in [6, 6.07) is 5.24. The summed E-state index contributed by atoms with van der Waals surface area (Å²) in [6.07, 6.45) is 2.12. The van der Waals surface area contributed by atoms with E-state index in [4.69, 9.17) is 4.42 Å². The molecule has 1 N–H and O–H groups in total. The van der Waals surface area contributed by atoms with Crippen molar-refractivity contribution in [1.82, 2.24) is 5.32 Å². The van der Waals surface area contributed by atoms with Crippen LogP contribution in [0.3, 0.4) is 0 Å². The van der Waals surface area contributed by atoms with Crippen LogP contribution in [-0.4, -0.2) is 12.0 Å². The molecule has 0 saturated heterocycles. The molecule has 2 aromatic rings. The summed E-state index contributed by atoms with van der Waals surface area (Å²) in [4.78, 5) is 0. The second-order valence-electron chi connectivity index (χ2n) is 5.39. The molecule has 1 aromatic heterocycles. The molecule has 1 aliphatic carbocycles. The molecule has 5 heteroatoms. The maximum absolute atomic E-state index is 14.1. The molecule has 108 valence electrons. The quantitative estimate of drug-likeness (QED) is 0.911. The van der Waals surface area contributed by atoms with E-state index in [1.54, 1.807) is 18.2 Å². The van der Waals surface area contributed by atoms with Gasteiger partial charge in [-0.25, -0.2) is 13.2 Å². The third-order valence-electron chi connectivity index (χ3n) is 3.94. The van der Waals surface area contributed by atoms with Crippen molar-refractivity contribution in [2.45, 2.75) is 44.2 Å². The zero-order chi connectivity index (χ0) is 14.2. The number of alkyl halides is 2. The van der Waals surface area contributed by atoms with Crippen molar-refractivity contribution >= 4 is 11.0 Å². The highest BCUT2D eigenvalue weighted by molar-refractivity contribution is 5.78. The van der Waals surface area contributed by atoms with Crippen molar-refractivity contribution in [3.63, 3.8) is 0 Å². The molecule has 0 atom stereocenters. The Balaban J connectivity index is 1.64. The van der Waals surface area contributed by atoms with Crippen molar-refractivity contribution in [2.24, 2.45) is 0 Å². The number of benzene rings is 1. The van der Waals surface area contributed by atoms with Crippen LogP contribution in [0, 0.1) is 5.82 Å². The Bertz CT molecular complexity index is 598. The van der Waals surface area contributed by atoms with Gasteiger partial charge in [0.25, 0.3) is 0 Å². The lowest BCUT2D eigenvalue weighted by atomic mass is 9.92. The van der Waals surface area contributed by atoms with E-state index in [-0.39, 0.29) is 30.3 Å². The van der Waals surface area contributed by atoms with Crippen LogP contribution in [0.15, 0.2) is 28.9 Å². The van der Waals surface area contributed by atoms with E-state index in [1.807, 2.05) is 0 Å². The molecule has 1 heterocycles. The van der Waals surface area contributed by atoms with Crippen molar-refractivity contribution in [2.75, 3.05) is 0 Å². The number of fused-ring (bicyclic) bond motifs is 1. The second-order valence-corrected chi connectivity index (χ2v) is 5.39. The Morgan fingerprint density at radius 2 is 1.95 bits per heavy atom. The van der Waals surface area contributed by atoms with Gasteiger partial charge in [-0.3, -0.25) is 0 Å².